The number of likely N-dealkylation sites (tertiary alicyclic amines) is 1. The maximum absolute atomic E-state index is 10.2. The molecule has 0 bridgehead atoms. The van der Waals surface area contributed by atoms with Crippen LogP contribution in [0.1, 0.15) is 31.2 Å². The molecule has 5 heteroatoms. The van der Waals surface area contributed by atoms with E-state index in [9.17, 15) is 5.11 Å². The number of β-amino-alcohol motifs (C(OH)–C–C–N with tert-alkyl or cyclic N) is 1. The first-order chi connectivity index (χ1) is 11.2. The van der Waals surface area contributed by atoms with Crippen molar-refractivity contribution in [2.45, 2.75) is 38.4 Å². The fraction of sp³-hybridized carbons (Fsp3) is 0.667. The van der Waals surface area contributed by atoms with Crippen LogP contribution in [0.15, 0.2) is 18.2 Å². The van der Waals surface area contributed by atoms with Gasteiger partial charge in [0, 0.05) is 12.1 Å². The van der Waals surface area contributed by atoms with Gasteiger partial charge in [-0.2, -0.15) is 0 Å². The highest BCUT2D eigenvalue weighted by molar-refractivity contribution is 5.39. The summed E-state index contributed by atoms with van der Waals surface area (Å²) in [5.74, 6) is 1.54. The predicted octanol–water partition coefficient (Wildman–Crippen LogP) is 2.46. The molecule has 0 radical (unpaired) electrons. The minimum atomic E-state index is -0.454. The van der Waals surface area contributed by atoms with Crippen molar-refractivity contribution in [1.29, 1.82) is 0 Å². The first-order valence-corrected chi connectivity index (χ1v) is 8.42. The molecule has 1 N–H and O–H groups in total. The lowest BCUT2D eigenvalue weighted by molar-refractivity contribution is 0.00989. The van der Waals surface area contributed by atoms with Crippen LogP contribution in [0.4, 0.5) is 0 Å². The van der Waals surface area contributed by atoms with Crippen molar-refractivity contribution < 1.29 is 19.3 Å². The van der Waals surface area contributed by atoms with E-state index in [0.29, 0.717) is 19.8 Å². The zero-order valence-corrected chi connectivity index (χ0v) is 14.3. The standard InChI is InChI=1S/C18H29NO4/c1-21-17-7-8-18(22-2)15(11-17)13-23-14-16(20)12-19-9-5-3-4-6-10-19/h7-8,11,16,20H,3-6,9-10,12-14H2,1-2H3/t16-/m1/s1. The van der Waals surface area contributed by atoms with Gasteiger partial charge in [-0.15, -0.1) is 0 Å². The highest BCUT2D eigenvalue weighted by Crippen LogP contribution is 2.24. The summed E-state index contributed by atoms with van der Waals surface area (Å²) in [4.78, 5) is 2.34. The Kier molecular flexibility index (Phi) is 7.65. The quantitative estimate of drug-likeness (QED) is 0.796. The third-order valence-corrected chi connectivity index (χ3v) is 4.22. The lowest BCUT2D eigenvalue weighted by Gasteiger charge is -2.23. The summed E-state index contributed by atoms with van der Waals surface area (Å²) in [7, 11) is 3.27. The Morgan fingerprint density at radius 2 is 1.83 bits per heavy atom. The van der Waals surface area contributed by atoms with E-state index in [1.165, 1.54) is 25.7 Å². The van der Waals surface area contributed by atoms with E-state index in [4.69, 9.17) is 14.2 Å². The lowest BCUT2D eigenvalue weighted by atomic mass is 10.2. The number of benzene rings is 1. The second kappa shape index (κ2) is 9.75. The lowest BCUT2D eigenvalue weighted by Crippen LogP contribution is -2.35. The Morgan fingerprint density at radius 1 is 1.09 bits per heavy atom. The number of ether oxygens (including phenoxy) is 3. The molecular weight excluding hydrogens is 294 g/mol. The van der Waals surface area contributed by atoms with Crippen LogP contribution >= 0.6 is 0 Å². The van der Waals surface area contributed by atoms with Crippen LogP contribution in [0.3, 0.4) is 0 Å². The van der Waals surface area contributed by atoms with Crippen molar-refractivity contribution in [3.05, 3.63) is 23.8 Å². The minimum absolute atomic E-state index is 0.330. The van der Waals surface area contributed by atoms with E-state index >= 15 is 0 Å². The molecule has 1 heterocycles. The van der Waals surface area contributed by atoms with Crippen LogP contribution in [0.5, 0.6) is 11.5 Å². The van der Waals surface area contributed by atoms with Gasteiger partial charge in [0.05, 0.1) is 33.5 Å². The molecule has 1 fully saturated rings. The van der Waals surface area contributed by atoms with Gasteiger partial charge in [0.15, 0.2) is 0 Å². The fourth-order valence-corrected chi connectivity index (χ4v) is 2.97. The molecule has 0 unspecified atom stereocenters. The van der Waals surface area contributed by atoms with Gasteiger partial charge in [0.1, 0.15) is 11.5 Å². The van der Waals surface area contributed by atoms with Crippen LogP contribution in [0.2, 0.25) is 0 Å². The number of nitrogens with zero attached hydrogens (tertiary/aromatic N) is 1. The van der Waals surface area contributed by atoms with Gasteiger partial charge in [0.2, 0.25) is 0 Å². The number of hydrogen-bond donors (Lipinski definition) is 1. The molecule has 1 aromatic carbocycles. The molecule has 2 rings (SSSR count). The summed E-state index contributed by atoms with van der Waals surface area (Å²) >= 11 is 0. The molecule has 0 saturated carbocycles. The summed E-state index contributed by atoms with van der Waals surface area (Å²) in [6, 6.07) is 5.63. The Hall–Kier alpha value is -1.30. The summed E-state index contributed by atoms with van der Waals surface area (Å²) in [5, 5.41) is 10.2. The van der Waals surface area contributed by atoms with Crippen LogP contribution in [-0.2, 0) is 11.3 Å². The van der Waals surface area contributed by atoms with Gasteiger partial charge in [0.25, 0.3) is 0 Å². The predicted molar refractivity (Wildman–Crippen MR) is 90.1 cm³/mol. The molecule has 0 aliphatic carbocycles. The summed E-state index contributed by atoms with van der Waals surface area (Å²) in [5.41, 5.74) is 0.925. The number of aliphatic hydroxyl groups excluding tert-OH is 1. The fourth-order valence-electron chi connectivity index (χ4n) is 2.97. The van der Waals surface area contributed by atoms with Crippen molar-refractivity contribution >= 4 is 0 Å². The molecular formula is C18H29NO4. The minimum Gasteiger partial charge on any atom is -0.497 e. The van der Waals surface area contributed by atoms with Crippen molar-refractivity contribution in [3.63, 3.8) is 0 Å². The van der Waals surface area contributed by atoms with Crippen LogP contribution in [-0.4, -0.2) is 56.6 Å². The summed E-state index contributed by atoms with van der Waals surface area (Å²) in [6.45, 7) is 3.59. The monoisotopic (exact) mass is 323 g/mol. The third kappa shape index (κ3) is 6.01. The highest BCUT2D eigenvalue weighted by Gasteiger charge is 2.14. The van der Waals surface area contributed by atoms with Gasteiger partial charge in [-0.1, -0.05) is 12.8 Å². The largest absolute Gasteiger partial charge is 0.497 e. The molecule has 0 amide bonds. The molecule has 130 valence electrons. The van der Waals surface area contributed by atoms with Gasteiger partial charge >= 0.3 is 0 Å². The van der Waals surface area contributed by atoms with Crippen LogP contribution in [0.25, 0.3) is 0 Å². The summed E-state index contributed by atoms with van der Waals surface area (Å²) in [6.07, 6.45) is 4.62. The Labute approximate surface area is 139 Å². The molecule has 23 heavy (non-hydrogen) atoms. The molecule has 1 aliphatic rings. The van der Waals surface area contributed by atoms with Crippen molar-refractivity contribution in [3.8, 4) is 11.5 Å². The first kappa shape index (κ1) is 18.0. The molecule has 1 saturated heterocycles. The van der Waals surface area contributed by atoms with E-state index in [1.807, 2.05) is 18.2 Å². The molecule has 0 spiro atoms. The maximum atomic E-state index is 10.2. The number of aliphatic hydroxyl groups is 1. The van der Waals surface area contributed by atoms with Crippen LogP contribution in [0, 0.1) is 0 Å². The SMILES string of the molecule is COc1ccc(OC)c(COC[C@H](O)CN2CCCCCC2)c1. The highest BCUT2D eigenvalue weighted by atomic mass is 16.5. The molecule has 5 nitrogen and oxygen atoms in total. The second-order valence-electron chi connectivity index (χ2n) is 6.06. The molecule has 0 aromatic heterocycles. The van der Waals surface area contributed by atoms with Gasteiger partial charge < -0.3 is 24.2 Å². The zero-order chi connectivity index (χ0) is 16.5. The number of hydrogen-bond acceptors (Lipinski definition) is 5. The Bertz CT molecular complexity index is 458. The maximum Gasteiger partial charge on any atom is 0.124 e. The summed E-state index contributed by atoms with van der Waals surface area (Å²) < 4.78 is 16.2. The molecule has 1 aliphatic heterocycles. The number of methoxy groups -OCH3 is 2. The van der Waals surface area contributed by atoms with E-state index < -0.39 is 6.10 Å². The van der Waals surface area contributed by atoms with E-state index in [0.717, 1.165) is 30.2 Å². The van der Waals surface area contributed by atoms with Gasteiger partial charge in [-0.05, 0) is 44.1 Å². The molecule has 1 atom stereocenters. The Balaban J connectivity index is 1.77. The van der Waals surface area contributed by atoms with Crippen molar-refractivity contribution in [2.24, 2.45) is 0 Å². The number of rotatable bonds is 8. The Morgan fingerprint density at radius 3 is 2.48 bits per heavy atom. The zero-order valence-electron chi connectivity index (χ0n) is 14.3. The van der Waals surface area contributed by atoms with Crippen molar-refractivity contribution in [1.82, 2.24) is 4.90 Å². The van der Waals surface area contributed by atoms with Crippen molar-refractivity contribution in [2.75, 3.05) is 40.5 Å². The smallest absolute Gasteiger partial charge is 0.124 e. The molecule has 1 aromatic rings. The average molecular weight is 323 g/mol. The third-order valence-electron chi connectivity index (χ3n) is 4.22. The van der Waals surface area contributed by atoms with Gasteiger partial charge in [-0.25, -0.2) is 0 Å². The van der Waals surface area contributed by atoms with E-state index in [1.54, 1.807) is 14.2 Å². The topological polar surface area (TPSA) is 51.2 Å². The van der Waals surface area contributed by atoms with Crippen LogP contribution < -0.4 is 9.47 Å². The van der Waals surface area contributed by atoms with E-state index in [2.05, 4.69) is 4.90 Å². The van der Waals surface area contributed by atoms with Gasteiger partial charge in [-0.3, -0.25) is 0 Å². The first-order valence-electron chi connectivity index (χ1n) is 8.42. The second-order valence-corrected chi connectivity index (χ2v) is 6.06. The average Bonchev–Trinajstić information content (AvgIpc) is 2.83. The van der Waals surface area contributed by atoms with E-state index in [-0.39, 0.29) is 0 Å². The normalized spacial score (nSPS) is 17.5.